The number of benzene rings is 2. The zero-order valence-corrected chi connectivity index (χ0v) is 15.5. The molecule has 2 aromatic rings. The second-order valence-electron chi connectivity index (χ2n) is 6.86. The predicted octanol–water partition coefficient (Wildman–Crippen LogP) is 3.92. The minimum Gasteiger partial charge on any atom is -0.385 e. The van der Waals surface area contributed by atoms with Crippen LogP contribution in [0, 0.1) is 5.92 Å². The molecule has 5 atom stereocenters. The molecule has 1 heterocycles. The van der Waals surface area contributed by atoms with E-state index in [9.17, 15) is 5.11 Å². The molecule has 1 fully saturated rings. The Morgan fingerprint density at radius 1 is 0.885 bits per heavy atom. The predicted molar refractivity (Wildman–Crippen MR) is 100 cm³/mol. The highest BCUT2D eigenvalue weighted by molar-refractivity contribution is 5.14. The Bertz CT molecular complexity index is 646. The summed E-state index contributed by atoms with van der Waals surface area (Å²) >= 11 is 0. The molecule has 0 bridgehead atoms. The largest absolute Gasteiger partial charge is 0.385 e. The van der Waals surface area contributed by atoms with Gasteiger partial charge in [0, 0.05) is 5.92 Å². The van der Waals surface area contributed by atoms with Crippen molar-refractivity contribution < 1.29 is 19.3 Å². The van der Waals surface area contributed by atoms with Crippen molar-refractivity contribution in [1.29, 1.82) is 0 Å². The van der Waals surface area contributed by atoms with Crippen molar-refractivity contribution in [2.24, 2.45) is 5.92 Å². The van der Waals surface area contributed by atoms with Crippen LogP contribution in [0.1, 0.15) is 31.4 Å². The van der Waals surface area contributed by atoms with E-state index in [0.29, 0.717) is 13.2 Å². The molecule has 1 saturated heterocycles. The molecule has 0 radical (unpaired) electrons. The maximum absolute atomic E-state index is 10.8. The first kappa shape index (κ1) is 19.1. The summed E-state index contributed by atoms with van der Waals surface area (Å²) < 4.78 is 18.0. The number of hydrogen-bond acceptors (Lipinski definition) is 4. The molecule has 3 rings (SSSR count). The topological polar surface area (TPSA) is 47.9 Å². The summed E-state index contributed by atoms with van der Waals surface area (Å²) in [5, 5.41) is 10.8. The third kappa shape index (κ3) is 4.71. The molecule has 1 N–H and O–H groups in total. The van der Waals surface area contributed by atoms with E-state index < -0.39 is 12.4 Å². The molecule has 1 aliphatic heterocycles. The Kier molecular flexibility index (Phi) is 6.80. The number of rotatable bonds is 7. The Balaban J connectivity index is 1.64. The summed E-state index contributed by atoms with van der Waals surface area (Å²) in [5.41, 5.74) is 2.14. The molecule has 1 aliphatic rings. The van der Waals surface area contributed by atoms with E-state index in [-0.39, 0.29) is 18.1 Å². The van der Waals surface area contributed by atoms with Crippen LogP contribution < -0.4 is 0 Å². The highest BCUT2D eigenvalue weighted by Gasteiger charge is 2.43. The van der Waals surface area contributed by atoms with Gasteiger partial charge >= 0.3 is 0 Å². The Morgan fingerprint density at radius 3 is 1.96 bits per heavy atom. The summed E-state index contributed by atoms with van der Waals surface area (Å²) in [6.45, 7) is 5.02. The monoisotopic (exact) mass is 356 g/mol. The maximum Gasteiger partial charge on any atom is 0.186 e. The molecule has 0 spiro atoms. The van der Waals surface area contributed by atoms with Gasteiger partial charge in [0.25, 0.3) is 0 Å². The molecular weight excluding hydrogens is 328 g/mol. The Labute approximate surface area is 155 Å². The van der Waals surface area contributed by atoms with Gasteiger partial charge in [0.2, 0.25) is 0 Å². The second kappa shape index (κ2) is 9.28. The molecule has 0 aliphatic carbocycles. The van der Waals surface area contributed by atoms with Gasteiger partial charge in [-0.05, 0) is 17.5 Å². The average Bonchev–Trinajstić information content (AvgIpc) is 2.69. The number of ether oxygens (including phenoxy) is 3. The van der Waals surface area contributed by atoms with E-state index in [0.717, 1.165) is 17.5 Å². The van der Waals surface area contributed by atoms with Gasteiger partial charge in [0.05, 0.1) is 25.4 Å². The van der Waals surface area contributed by atoms with Gasteiger partial charge in [0.15, 0.2) is 6.29 Å². The van der Waals surface area contributed by atoms with E-state index in [1.165, 1.54) is 0 Å². The summed E-state index contributed by atoms with van der Waals surface area (Å²) in [7, 11) is 0. The van der Waals surface area contributed by atoms with E-state index in [2.05, 4.69) is 13.8 Å². The fraction of sp³-hybridized carbons (Fsp3) is 0.455. The first-order chi connectivity index (χ1) is 12.7. The quantitative estimate of drug-likeness (QED) is 0.817. The van der Waals surface area contributed by atoms with E-state index in [1.807, 2.05) is 60.7 Å². The van der Waals surface area contributed by atoms with Gasteiger partial charge in [-0.1, -0.05) is 74.5 Å². The van der Waals surface area contributed by atoms with Crippen molar-refractivity contribution >= 4 is 0 Å². The molecule has 140 valence electrons. The Hall–Kier alpha value is -1.72. The SMILES string of the molecule is CC[C@@H]1OC(OCc2ccccc2)[C@@H](O)[C@@H](OCc2ccccc2)[C@@H]1C. The van der Waals surface area contributed by atoms with Crippen molar-refractivity contribution in [2.45, 2.75) is 58.1 Å². The standard InChI is InChI=1S/C22H28O4/c1-3-19-16(2)21(24-14-17-10-6-4-7-11-17)20(23)22(26-19)25-15-18-12-8-5-9-13-18/h4-13,16,19-23H,3,14-15H2,1-2H3/t16-,19+,20+,21+,22?/m1/s1. The van der Waals surface area contributed by atoms with Crippen LogP contribution in [0.5, 0.6) is 0 Å². The molecule has 0 saturated carbocycles. The normalized spacial score (nSPS) is 28.8. The molecule has 4 heteroatoms. The van der Waals surface area contributed by atoms with Crippen LogP contribution in [0.15, 0.2) is 60.7 Å². The third-order valence-electron chi connectivity index (χ3n) is 4.97. The van der Waals surface area contributed by atoms with Crippen molar-refractivity contribution in [2.75, 3.05) is 0 Å². The fourth-order valence-electron chi connectivity index (χ4n) is 3.43. The lowest BCUT2D eigenvalue weighted by Crippen LogP contribution is -2.55. The summed E-state index contributed by atoms with van der Waals surface area (Å²) in [4.78, 5) is 0. The average molecular weight is 356 g/mol. The third-order valence-corrected chi connectivity index (χ3v) is 4.97. The highest BCUT2D eigenvalue weighted by atomic mass is 16.7. The van der Waals surface area contributed by atoms with Gasteiger partial charge in [-0.3, -0.25) is 0 Å². The molecule has 2 aromatic carbocycles. The molecule has 1 unspecified atom stereocenters. The fourth-order valence-corrected chi connectivity index (χ4v) is 3.43. The molecule has 0 aromatic heterocycles. The van der Waals surface area contributed by atoms with Crippen molar-refractivity contribution in [1.82, 2.24) is 0 Å². The van der Waals surface area contributed by atoms with Crippen LogP contribution in [-0.2, 0) is 27.4 Å². The van der Waals surface area contributed by atoms with Crippen molar-refractivity contribution in [3.8, 4) is 0 Å². The molecule has 0 amide bonds. The lowest BCUT2D eigenvalue weighted by Gasteiger charge is -2.43. The first-order valence-corrected chi connectivity index (χ1v) is 9.33. The van der Waals surface area contributed by atoms with E-state index >= 15 is 0 Å². The van der Waals surface area contributed by atoms with Gasteiger partial charge < -0.3 is 19.3 Å². The van der Waals surface area contributed by atoms with E-state index in [1.54, 1.807) is 0 Å². The Morgan fingerprint density at radius 2 is 1.42 bits per heavy atom. The van der Waals surface area contributed by atoms with E-state index in [4.69, 9.17) is 14.2 Å². The summed E-state index contributed by atoms with van der Waals surface area (Å²) in [5.74, 6) is 0.0929. The number of hydrogen-bond donors (Lipinski definition) is 1. The van der Waals surface area contributed by atoms with Crippen LogP contribution in [0.25, 0.3) is 0 Å². The van der Waals surface area contributed by atoms with Gasteiger partial charge in [-0.2, -0.15) is 0 Å². The number of aliphatic hydroxyl groups is 1. The van der Waals surface area contributed by atoms with Crippen LogP contribution in [0.2, 0.25) is 0 Å². The zero-order valence-electron chi connectivity index (χ0n) is 15.5. The minimum atomic E-state index is -0.819. The van der Waals surface area contributed by atoms with Gasteiger partial charge in [-0.15, -0.1) is 0 Å². The molecule has 4 nitrogen and oxygen atoms in total. The smallest absolute Gasteiger partial charge is 0.186 e. The first-order valence-electron chi connectivity index (χ1n) is 9.33. The summed E-state index contributed by atoms with van der Waals surface area (Å²) in [6, 6.07) is 19.9. The number of aliphatic hydroxyl groups excluding tert-OH is 1. The van der Waals surface area contributed by atoms with Crippen LogP contribution in [0.4, 0.5) is 0 Å². The highest BCUT2D eigenvalue weighted by Crippen LogP contribution is 2.31. The van der Waals surface area contributed by atoms with Gasteiger partial charge in [-0.25, -0.2) is 0 Å². The van der Waals surface area contributed by atoms with Crippen LogP contribution >= 0.6 is 0 Å². The lowest BCUT2D eigenvalue weighted by molar-refractivity contribution is -0.295. The summed E-state index contributed by atoms with van der Waals surface area (Å²) in [6.07, 6.45) is -0.975. The van der Waals surface area contributed by atoms with Gasteiger partial charge in [0.1, 0.15) is 6.10 Å². The molecule has 26 heavy (non-hydrogen) atoms. The molecular formula is C22H28O4. The zero-order chi connectivity index (χ0) is 18.4. The second-order valence-corrected chi connectivity index (χ2v) is 6.86. The van der Waals surface area contributed by atoms with Crippen molar-refractivity contribution in [3.05, 3.63) is 71.8 Å². The minimum absolute atomic E-state index is 0.0000493. The lowest BCUT2D eigenvalue weighted by atomic mass is 9.89. The van der Waals surface area contributed by atoms with Crippen LogP contribution in [-0.4, -0.2) is 29.7 Å². The maximum atomic E-state index is 10.8. The van der Waals surface area contributed by atoms with Crippen LogP contribution in [0.3, 0.4) is 0 Å². The van der Waals surface area contributed by atoms with Crippen molar-refractivity contribution in [3.63, 3.8) is 0 Å².